The minimum absolute atomic E-state index is 0.0177. The summed E-state index contributed by atoms with van der Waals surface area (Å²) in [5.74, 6) is 0.278. The predicted octanol–water partition coefficient (Wildman–Crippen LogP) is 2.84. The summed E-state index contributed by atoms with van der Waals surface area (Å²) in [7, 11) is 0. The molecule has 0 saturated carbocycles. The van der Waals surface area contributed by atoms with Gasteiger partial charge in [0.1, 0.15) is 5.78 Å². The molecule has 0 radical (unpaired) electrons. The molecule has 0 N–H and O–H groups in total. The van der Waals surface area contributed by atoms with Gasteiger partial charge in [-0.05, 0) is 45.8 Å². The van der Waals surface area contributed by atoms with Gasteiger partial charge >= 0.3 is 0 Å². The molecule has 15 heavy (non-hydrogen) atoms. The summed E-state index contributed by atoms with van der Waals surface area (Å²) in [6, 6.07) is 0. The number of hydrogen-bond acceptors (Lipinski definition) is 2. The van der Waals surface area contributed by atoms with Crippen LogP contribution in [0.5, 0.6) is 0 Å². The van der Waals surface area contributed by atoms with Crippen LogP contribution in [0.2, 0.25) is 0 Å². The minimum atomic E-state index is -0.436. The number of ketones is 2. The lowest BCUT2D eigenvalue weighted by molar-refractivity contribution is -0.125. The van der Waals surface area contributed by atoms with Crippen molar-refractivity contribution in [3.63, 3.8) is 0 Å². The number of hydrogen-bond donors (Lipinski definition) is 0. The van der Waals surface area contributed by atoms with Gasteiger partial charge in [-0.2, -0.15) is 0 Å². The molecule has 2 nitrogen and oxygen atoms in total. The van der Waals surface area contributed by atoms with E-state index in [1.54, 1.807) is 12.2 Å². The van der Waals surface area contributed by atoms with Gasteiger partial charge in [0.05, 0.1) is 0 Å². The standard InChI is InChI=1S/C13H18O2/c1-9-5-8-12(15)13(3,4)11(9)7-6-10(2)14/h6-7H,5,8H2,1-4H3/b7-6-. The van der Waals surface area contributed by atoms with E-state index in [4.69, 9.17) is 0 Å². The van der Waals surface area contributed by atoms with E-state index < -0.39 is 5.41 Å². The Bertz CT molecular complexity index is 357. The molecule has 1 aliphatic carbocycles. The average Bonchev–Trinajstić information content (AvgIpc) is 2.11. The molecular formula is C13H18O2. The van der Waals surface area contributed by atoms with Gasteiger partial charge in [-0.25, -0.2) is 0 Å². The molecule has 0 heterocycles. The second kappa shape index (κ2) is 4.13. The molecule has 0 aliphatic heterocycles. The van der Waals surface area contributed by atoms with Crippen molar-refractivity contribution in [2.75, 3.05) is 0 Å². The van der Waals surface area contributed by atoms with E-state index in [0.29, 0.717) is 6.42 Å². The maximum atomic E-state index is 11.8. The molecule has 0 aromatic rings. The topological polar surface area (TPSA) is 34.1 Å². The fraction of sp³-hybridized carbons (Fsp3) is 0.538. The molecule has 0 bridgehead atoms. The number of Topliss-reactive ketones (excluding diaryl/α,β-unsaturated/α-hetero) is 1. The second-order valence-corrected chi connectivity index (χ2v) is 4.69. The summed E-state index contributed by atoms with van der Waals surface area (Å²) in [6.07, 6.45) is 4.78. The summed E-state index contributed by atoms with van der Waals surface area (Å²) in [4.78, 5) is 22.7. The molecule has 1 aliphatic rings. The van der Waals surface area contributed by atoms with Gasteiger partial charge in [0.15, 0.2) is 5.78 Å². The Hall–Kier alpha value is -1.18. The SMILES string of the molecule is CC(=O)/C=C\C1=C(C)CCC(=O)C1(C)C. The van der Waals surface area contributed by atoms with Crippen LogP contribution in [0, 0.1) is 5.41 Å². The summed E-state index contributed by atoms with van der Waals surface area (Å²) in [5.41, 5.74) is 1.79. The van der Waals surface area contributed by atoms with Crippen molar-refractivity contribution in [3.05, 3.63) is 23.3 Å². The first-order valence-corrected chi connectivity index (χ1v) is 5.28. The zero-order chi connectivity index (χ0) is 11.6. The fourth-order valence-corrected chi connectivity index (χ4v) is 1.98. The molecule has 0 spiro atoms. The van der Waals surface area contributed by atoms with Crippen molar-refractivity contribution < 1.29 is 9.59 Å². The zero-order valence-electron chi connectivity index (χ0n) is 9.89. The van der Waals surface area contributed by atoms with Crippen molar-refractivity contribution in [1.29, 1.82) is 0 Å². The minimum Gasteiger partial charge on any atom is -0.299 e. The molecule has 0 saturated heterocycles. The van der Waals surface area contributed by atoms with Crippen LogP contribution in [0.3, 0.4) is 0 Å². The maximum Gasteiger partial charge on any atom is 0.152 e. The highest BCUT2D eigenvalue weighted by Crippen LogP contribution is 2.38. The molecule has 82 valence electrons. The molecule has 0 amide bonds. The first kappa shape index (κ1) is 11.9. The van der Waals surface area contributed by atoms with Gasteiger partial charge in [0.25, 0.3) is 0 Å². The van der Waals surface area contributed by atoms with E-state index >= 15 is 0 Å². The van der Waals surface area contributed by atoms with E-state index in [0.717, 1.165) is 12.0 Å². The van der Waals surface area contributed by atoms with Gasteiger partial charge < -0.3 is 0 Å². The first-order chi connectivity index (χ1) is 6.85. The first-order valence-electron chi connectivity index (χ1n) is 5.28. The predicted molar refractivity (Wildman–Crippen MR) is 60.5 cm³/mol. The Morgan fingerprint density at radius 1 is 1.33 bits per heavy atom. The zero-order valence-corrected chi connectivity index (χ0v) is 9.89. The highest BCUT2D eigenvalue weighted by Gasteiger charge is 2.34. The van der Waals surface area contributed by atoms with Crippen molar-refractivity contribution in [1.82, 2.24) is 0 Å². The smallest absolute Gasteiger partial charge is 0.152 e. The van der Waals surface area contributed by atoms with Crippen LogP contribution in [0.15, 0.2) is 23.3 Å². The quantitative estimate of drug-likeness (QED) is 0.651. The van der Waals surface area contributed by atoms with Crippen LogP contribution < -0.4 is 0 Å². The fourth-order valence-electron chi connectivity index (χ4n) is 1.98. The average molecular weight is 206 g/mol. The Morgan fingerprint density at radius 3 is 2.47 bits per heavy atom. The van der Waals surface area contributed by atoms with Gasteiger partial charge in [-0.15, -0.1) is 0 Å². The van der Waals surface area contributed by atoms with E-state index in [9.17, 15) is 9.59 Å². The lowest BCUT2D eigenvalue weighted by atomic mass is 9.71. The largest absolute Gasteiger partial charge is 0.299 e. The lowest BCUT2D eigenvalue weighted by Gasteiger charge is -2.31. The summed E-state index contributed by atoms with van der Waals surface area (Å²) >= 11 is 0. The Balaban J connectivity index is 3.10. The summed E-state index contributed by atoms with van der Waals surface area (Å²) < 4.78 is 0. The van der Waals surface area contributed by atoms with E-state index in [2.05, 4.69) is 0 Å². The van der Waals surface area contributed by atoms with Crippen molar-refractivity contribution in [2.24, 2.45) is 5.41 Å². The van der Waals surface area contributed by atoms with E-state index in [1.165, 1.54) is 12.5 Å². The number of rotatable bonds is 2. The van der Waals surface area contributed by atoms with Gasteiger partial charge in [0.2, 0.25) is 0 Å². The van der Waals surface area contributed by atoms with Crippen molar-refractivity contribution in [3.8, 4) is 0 Å². The third kappa shape index (κ3) is 2.44. The van der Waals surface area contributed by atoms with Crippen LogP contribution in [-0.4, -0.2) is 11.6 Å². The maximum absolute atomic E-state index is 11.8. The van der Waals surface area contributed by atoms with E-state index in [-0.39, 0.29) is 11.6 Å². The van der Waals surface area contributed by atoms with Gasteiger partial charge in [-0.1, -0.05) is 11.6 Å². The Morgan fingerprint density at radius 2 is 1.93 bits per heavy atom. The highest BCUT2D eigenvalue weighted by atomic mass is 16.1. The third-order valence-electron chi connectivity index (χ3n) is 3.04. The Kier molecular flexibility index (Phi) is 3.28. The molecular weight excluding hydrogens is 188 g/mol. The normalized spacial score (nSPS) is 21.2. The van der Waals surface area contributed by atoms with Gasteiger partial charge in [-0.3, -0.25) is 9.59 Å². The highest BCUT2D eigenvalue weighted by molar-refractivity contribution is 5.91. The van der Waals surface area contributed by atoms with Crippen LogP contribution in [0.4, 0.5) is 0 Å². The van der Waals surface area contributed by atoms with Crippen LogP contribution >= 0.6 is 0 Å². The van der Waals surface area contributed by atoms with Gasteiger partial charge in [0, 0.05) is 11.8 Å². The molecule has 1 rings (SSSR count). The summed E-state index contributed by atoms with van der Waals surface area (Å²) in [6.45, 7) is 7.41. The third-order valence-corrected chi connectivity index (χ3v) is 3.04. The monoisotopic (exact) mass is 206 g/mol. The van der Waals surface area contributed by atoms with E-state index in [1.807, 2.05) is 20.8 Å². The molecule has 0 aromatic carbocycles. The molecule has 0 fully saturated rings. The number of carbonyl (C=O) groups excluding carboxylic acids is 2. The van der Waals surface area contributed by atoms with Crippen molar-refractivity contribution in [2.45, 2.75) is 40.5 Å². The number of carbonyl (C=O) groups is 2. The van der Waals surface area contributed by atoms with Crippen molar-refractivity contribution >= 4 is 11.6 Å². The van der Waals surface area contributed by atoms with Crippen LogP contribution in [0.25, 0.3) is 0 Å². The lowest BCUT2D eigenvalue weighted by Crippen LogP contribution is -2.30. The summed E-state index contributed by atoms with van der Waals surface area (Å²) in [5, 5.41) is 0. The number of allylic oxidation sites excluding steroid dienone is 4. The second-order valence-electron chi connectivity index (χ2n) is 4.69. The molecule has 0 unspecified atom stereocenters. The molecule has 0 aromatic heterocycles. The molecule has 2 heteroatoms. The van der Waals surface area contributed by atoms with Crippen LogP contribution in [0.1, 0.15) is 40.5 Å². The molecule has 0 atom stereocenters. The van der Waals surface area contributed by atoms with Crippen LogP contribution in [-0.2, 0) is 9.59 Å². The Labute approximate surface area is 91.1 Å².